The van der Waals surface area contributed by atoms with E-state index in [4.69, 9.17) is 4.74 Å². The molecule has 1 aromatic carbocycles. The van der Waals surface area contributed by atoms with Gasteiger partial charge in [0.15, 0.2) is 6.10 Å². The average molecular weight is 306 g/mol. The molecule has 0 bridgehead atoms. The molecule has 0 aromatic heterocycles. The third-order valence-electron chi connectivity index (χ3n) is 3.37. The highest BCUT2D eigenvalue weighted by atomic mass is 32.2. The second-order valence-corrected chi connectivity index (χ2v) is 7.25. The minimum Gasteiger partial charge on any atom is -0.479 e. The molecular weight excluding hydrogens is 284 g/mol. The molecule has 1 heterocycles. The summed E-state index contributed by atoms with van der Waals surface area (Å²) in [5.74, 6) is 0.875. The Balaban J connectivity index is 1.76. The molecule has 0 saturated carbocycles. The largest absolute Gasteiger partial charge is 0.479 e. The number of carboxylic acid groups (broad SMARTS) is 1. The third-order valence-corrected chi connectivity index (χ3v) is 5.32. The van der Waals surface area contributed by atoms with Crippen LogP contribution in [0.2, 0.25) is 0 Å². The Hall–Kier alpha value is -1.68. The standard InChI is InChI=1S/C17H22O3S/c1-14-7-9-15(10-8-14)20-16(17(18)19)6-2-3-11-21-12-4-5-13-21/h4-5,7-10,12-13,16,21H,2-3,6,11H2,1H3,(H,18,19). The number of unbranched alkanes of at least 4 members (excludes halogenated alkanes) is 1. The lowest BCUT2D eigenvalue weighted by Crippen LogP contribution is -2.27. The van der Waals surface area contributed by atoms with Gasteiger partial charge in [-0.3, -0.25) is 0 Å². The molecule has 0 radical (unpaired) electrons. The second kappa shape index (κ2) is 7.93. The van der Waals surface area contributed by atoms with Gasteiger partial charge in [-0.15, -0.1) is 0 Å². The fraction of sp³-hybridized carbons (Fsp3) is 0.353. The van der Waals surface area contributed by atoms with E-state index in [-0.39, 0.29) is 10.9 Å². The topological polar surface area (TPSA) is 46.5 Å². The molecule has 0 saturated heterocycles. The maximum Gasteiger partial charge on any atom is 0.344 e. The maximum atomic E-state index is 11.3. The Labute approximate surface area is 128 Å². The van der Waals surface area contributed by atoms with Crippen LogP contribution in [0.1, 0.15) is 24.8 Å². The van der Waals surface area contributed by atoms with Crippen molar-refractivity contribution in [1.29, 1.82) is 0 Å². The predicted molar refractivity (Wildman–Crippen MR) is 89.2 cm³/mol. The lowest BCUT2D eigenvalue weighted by atomic mass is 10.1. The van der Waals surface area contributed by atoms with E-state index in [1.807, 2.05) is 31.2 Å². The van der Waals surface area contributed by atoms with E-state index in [0.717, 1.165) is 24.2 Å². The lowest BCUT2D eigenvalue weighted by molar-refractivity contribution is -0.145. The Morgan fingerprint density at radius 2 is 1.86 bits per heavy atom. The van der Waals surface area contributed by atoms with E-state index in [9.17, 15) is 9.90 Å². The molecule has 21 heavy (non-hydrogen) atoms. The zero-order chi connectivity index (χ0) is 15.1. The molecule has 3 nitrogen and oxygen atoms in total. The summed E-state index contributed by atoms with van der Waals surface area (Å²) in [6.07, 6.45) is 5.90. The quantitative estimate of drug-likeness (QED) is 0.563. The van der Waals surface area contributed by atoms with E-state index in [1.54, 1.807) is 0 Å². The Morgan fingerprint density at radius 1 is 1.19 bits per heavy atom. The lowest BCUT2D eigenvalue weighted by Gasteiger charge is -2.16. The van der Waals surface area contributed by atoms with Gasteiger partial charge in [-0.2, -0.15) is 0 Å². The van der Waals surface area contributed by atoms with Gasteiger partial charge in [0.2, 0.25) is 0 Å². The van der Waals surface area contributed by atoms with Gasteiger partial charge in [0.25, 0.3) is 0 Å². The fourth-order valence-corrected chi connectivity index (χ4v) is 3.78. The highest BCUT2D eigenvalue weighted by Crippen LogP contribution is 2.33. The zero-order valence-corrected chi connectivity index (χ0v) is 13.1. The summed E-state index contributed by atoms with van der Waals surface area (Å²) in [4.78, 5) is 11.3. The van der Waals surface area contributed by atoms with Crippen molar-refractivity contribution >= 4 is 16.9 Å². The van der Waals surface area contributed by atoms with Crippen LogP contribution in [-0.2, 0) is 4.79 Å². The number of aliphatic carboxylic acids is 1. The predicted octanol–water partition coefficient (Wildman–Crippen LogP) is 4.04. The van der Waals surface area contributed by atoms with E-state index in [1.165, 1.54) is 0 Å². The minimum absolute atomic E-state index is 0.0924. The van der Waals surface area contributed by atoms with Crippen LogP contribution in [0.5, 0.6) is 5.75 Å². The van der Waals surface area contributed by atoms with Gasteiger partial charge in [0.1, 0.15) is 5.75 Å². The average Bonchev–Trinajstić information content (AvgIpc) is 2.97. The van der Waals surface area contributed by atoms with Gasteiger partial charge in [-0.05, 0) is 54.9 Å². The van der Waals surface area contributed by atoms with Crippen LogP contribution in [0.3, 0.4) is 0 Å². The third kappa shape index (κ3) is 5.31. The van der Waals surface area contributed by atoms with Gasteiger partial charge in [0, 0.05) is 0 Å². The first-order valence-electron chi connectivity index (χ1n) is 7.22. The number of benzene rings is 1. The number of rotatable bonds is 8. The SMILES string of the molecule is Cc1ccc(OC(CCCC[SH]2C=CC=C2)C(=O)O)cc1. The zero-order valence-electron chi connectivity index (χ0n) is 12.2. The molecule has 2 rings (SSSR count). The molecule has 0 amide bonds. The molecule has 1 atom stereocenters. The Bertz CT molecular complexity index is 507. The summed E-state index contributed by atoms with van der Waals surface area (Å²) in [5.41, 5.74) is 1.13. The van der Waals surface area contributed by atoms with E-state index < -0.39 is 12.1 Å². The molecule has 0 spiro atoms. The van der Waals surface area contributed by atoms with Crippen molar-refractivity contribution < 1.29 is 14.6 Å². The van der Waals surface area contributed by atoms with Gasteiger partial charge in [-0.1, -0.05) is 29.8 Å². The highest BCUT2D eigenvalue weighted by Gasteiger charge is 2.18. The van der Waals surface area contributed by atoms with E-state index in [2.05, 4.69) is 23.0 Å². The van der Waals surface area contributed by atoms with Crippen molar-refractivity contribution in [2.24, 2.45) is 0 Å². The van der Waals surface area contributed by atoms with Crippen LogP contribution in [0.15, 0.2) is 47.2 Å². The molecule has 4 heteroatoms. The van der Waals surface area contributed by atoms with Crippen LogP contribution >= 0.6 is 10.9 Å². The van der Waals surface area contributed by atoms with Crippen molar-refractivity contribution in [2.75, 3.05) is 5.75 Å². The first-order valence-corrected chi connectivity index (χ1v) is 8.88. The monoisotopic (exact) mass is 306 g/mol. The molecule has 0 fully saturated rings. The van der Waals surface area contributed by atoms with Gasteiger partial charge < -0.3 is 9.84 Å². The number of aryl methyl sites for hydroxylation is 1. The van der Waals surface area contributed by atoms with Crippen LogP contribution in [0.4, 0.5) is 0 Å². The Morgan fingerprint density at radius 3 is 2.48 bits per heavy atom. The smallest absolute Gasteiger partial charge is 0.344 e. The molecule has 1 N–H and O–H groups in total. The molecule has 1 aliphatic heterocycles. The molecule has 114 valence electrons. The number of carbonyl (C=O) groups is 1. The van der Waals surface area contributed by atoms with Crippen molar-refractivity contribution in [2.45, 2.75) is 32.3 Å². The van der Waals surface area contributed by atoms with Crippen molar-refractivity contribution in [1.82, 2.24) is 0 Å². The maximum absolute atomic E-state index is 11.3. The van der Waals surface area contributed by atoms with Crippen LogP contribution in [-0.4, -0.2) is 22.9 Å². The molecule has 1 aliphatic rings. The van der Waals surface area contributed by atoms with Gasteiger partial charge in [0.05, 0.1) is 0 Å². The number of allylic oxidation sites excluding steroid dienone is 2. The molecule has 1 unspecified atom stereocenters. The van der Waals surface area contributed by atoms with Crippen LogP contribution < -0.4 is 4.74 Å². The number of hydrogen-bond donors (Lipinski definition) is 2. The summed E-state index contributed by atoms with van der Waals surface area (Å²) in [5, 5.41) is 13.7. The van der Waals surface area contributed by atoms with Crippen LogP contribution in [0, 0.1) is 6.92 Å². The summed E-state index contributed by atoms with van der Waals surface area (Å²) in [7, 11) is -0.0924. The first-order chi connectivity index (χ1) is 10.1. The van der Waals surface area contributed by atoms with E-state index in [0.29, 0.717) is 12.2 Å². The van der Waals surface area contributed by atoms with Crippen molar-refractivity contribution in [3.05, 3.63) is 52.8 Å². The van der Waals surface area contributed by atoms with Crippen molar-refractivity contribution in [3.63, 3.8) is 0 Å². The fourth-order valence-electron chi connectivity index (χ4n) is 2.16. The summed E-state index contributed by atoms with van der Waals surface area (Å²) in [6, 6.07) is 7.50. The summed E-state index contributed by atoms with van der Waals surface area (Å²) < 4.78 is 5.58. The van der Waals surface area contributed by atoms with Gasteiger partial charge in [-0.25, -0.2) is 15.7 Å². The van der Waals surface area contributed by atoms with Crippen molar-refractivity contribution in [3.8, 4) is 5.75 Å². The normalized spacial score (nSPS) is 16.1. The van der Waals surface area contributed by atoms with E-state index >= 15 is 0 Å². The molecule has 0 aliphatic carbocycles. The number of ether oxygens (including phenoxy) is 1. The molecule has 1 aromatic rings. The highest BCUT2D eigenvalue weighted by molar-refractivity contribution is 8.22. The Kier molecular flexibility index (Phi) is 5.93. The molecular formula is C17H22O3S. The van der Waals surface area contributed by atoms with Crippen LogP contribution in [0.25, 0.3) is 0 Å². The number of hydrogen-bond acceptors (Lipinski definition) is 2. The number of thiol groups is 1. The second-order valence-electron chi connectivity index (χ2n) is 5.17. The summed E-state index contributed by atoms with van der Waals surface area (Å²) >= 11 is 0. The number of carboxylic acids is 1. The minimum atomic E-state index is -0.887. The summed E-state index contributed by atoms with van der Waals surface area (Å²) in [6.45, 7) is 1.99. The first kappa shape index (κ1) is 15.7. The van der Waals surface area contributed by atoms with Gasteiger partial charge >= 0.3 is 5.97 Å².